The molecule has 5 atom stereocenters. The van der Waals surface area contributed by atoms with Crippen molar-refractivity contribution in [1.82, 2.24) is 21.3 Å². The minimum absolute atomic E-state index is 0.309. The lowest BCUT2D eigenvalue weighted by Gasteiger charge is -2.25. The van der Waals surface area contributed by atoms with Crippen LogP contribution in [0.5, 0.6) is 0 Å². The van der Waals surface area contributed by atoms with Gasteiger partial charge in [-0.2, -0.15) is 12.6 Å². The Kier molecular flexibility index (Phi) is 13.9. The number of carbonyl (C=O) groups is 7. The molecule has 0 rings (SSSR count). The second-order valence-electron chi connectivity index (χ2n) is 7.34. The lowest BCUT2D eigenvalue weighted by atomic mass is 10.1. The Morgan fingerprint density at radius 3 is 1.69 bits per heavy atom. The van der Waals surface area contributed by atoms with E-state index in [0.717, 1.165) is 0 Å². The first-order chi connectivity index (χ1) is 16.2. The highest BCUT2D eigenvalue weighted by molar-refractivity contribution is 7.80. The number of rotatable bonds is 16. The van der Waals surface area contributed by atoms with Gasteiger partial charge >= 0.3 is 11.9 Å². The van der Waals surface area contributed by atoms with Gasteiger partial charge < -0.3 is 48.1 Å². The van der Waals surface area contributed by atoms with Crippen LogP contribution in [0.15, 0.2) is 0 Å². The molecule has 0 spiro atoms. The molecule has 0 bridgehead atoms. The van der Waals surface area contributed by atoms with Crippen molar-refractivity contribution < 1.29 is 48.9 Å². The van der Waals surface area contributed by atoms with Gasteiger partial charge in [-0.05, 0) is 13.3 Å². The van der Waals surface area contributed by atoms with Crippen LogP contribution in [0.25, 0.3) is 0 Å². The topological polar surface area (TPSA) is 280 Å². The third-order valence-corrected chi connectivity index (χ3v) is 4.71. The van der Waals surface area contributed by atoms with Crippen LogP contribution in [0.1, 0.15) is 26.2 Å². The van der Waals surface area contributed by atoms with E-state index >= 15 is 0 Å². The standard InChI is InChI=1S/C18H30N6O10S/c1-7(19)14(29)23-10(5-25)17(32)22-9(4-12(20)26)16(31)21-8(2-3-13(27)28)15(30)24-11(6-35)18(33)34/h7-11,25,35H,2-6,19H2,1H3,(H2,20,26)(H,21,31)(H,22,32)(H,23,29)(H,24,30)(H,27,28)(H,33,34)/t7-,8-,9-,10-,11-/m0/s1. The third-order valence-electron chi connectivity index (χ3n) is 4.34. The zero-order chi connectivity index (χ0) is 27.3. The smallest absolute Gasteiger partial charge is 0.327 e. The summed E-state index contributed by atoms with van der Waals surface area (Å²) in [5, 5.41) is 35.8. The summed E-state index contributed by atoms with van der Waals surface area (Å²) >= 11 is 3.79. The van der Waals surface area contributed by atoms with Gasteiger partial charge in [0.2, 0.25) is 29.5 Å². The molecule has 0 saturated carbocycles. The molecule has 0 saturated heterocycles. The first-order valence-electron chi connectivity index (χ1n) is 10.1. The lowest BCUT2D eigenvalue weighted by Crippen LogP contribution is -2.59. The molecule has 5 amide bonds. The molecule has 0 heterocycles. The number of aliphatic carboxylic acids is 2. The number of nitrogens with two attached hydrogens (primary N) is 2. The fourth-order valence-electron chi connectivity index (χ4n) is 2.45. The molecule has 11 N–H and O–H groups in total. The highest BCUT2D eigenvalue weighted by atomic mass is 32.1. The average molecular weight is 523 g/mol. The number of carboxylic acid groups (broad SMARTS) is 2. The van der Waals surface area contributed by atoms with Gasteiger partial charge in [0.15, 0.2) is 0 Å². The summed E-state index contributed by atoms with van der Waals surface area (Å²) < 4.78 is 0. The van der Waals surface area contributed by atoms with Crippen molar-refractivity contribution in [3.63, 3.8) is 0 Å². The normalized spacial score (nSPS) is 14.9. The van der Waals surface area contributed by atoms with Gasteiger partial charge in [-0.15, -0.1) is 0 Å². The van der Waals surface area contributed by atoms with Gasteiger partial charge in [0.25, 0.3) is 0 Å². The molecule has 0 fully saturated rings. The van der Waals surface area contributed by atoms with E-state index in [9.17, 15) is 38.7 Å². The summed E-state index contributed by atoms with van der Waals surface area (Å²) in [6.07, 6.45) is -1.83. The zero-order valence-corrected chi connectivity index (χ0v) is 19.6. The second kappa shape index (κ2) is 15.5. The van der Waals surface area contributed by atoms with E-state index in [-0.39, 0.29) is 5.75 Å². The highest BCUT2D eigenvalue weighted by Gasteiger charge is 2.32. The molecule has 0 aliphatic heterocycles. The average Bonchev–Trinajstić information content (AvgIpc) is 2.76. The number of amides is 5. The maximum atomic E-state index is 12.7. The predicted octanol–water partition coefficient (Wildman–Crippen LogP) is -4.98. The van der Waals surface area contributed by atoms with Crippen LogP contribution in [-0.4, -0.2) is 99.4 Å². The number of primary amides is 1. The SMILES string of the molecule is C[C@H](N)C(=O)N[C@@H](CO)C(=O)N[C@@H](CC(N)=O)C(=O)N[C@@H](CCC(=O)O)C(=O)N[C@@H](CS)C(=O)O. The number of carboxylic acids is 2. The van der Waals surface area contributed by atoms with Gasteiger partial charge in [0.05, 0.1) is 19.1 Å². The summed E-state index contributed by atoms with van der Waals surface area (Å²) in [4.78, 5) is 82.8. The summed E-state index contributed by atoms with van der Waals surface area (Å²) in [6.45, 7) is 0.426. The number of aliphatic hydroxyl groups excluding tert-OH is 1. The largest absolute Gasteiger partial charge is 0.481 e. The van der Waals surface area contributed by atoms with Gasteiger partial charge in [-0.1, -0.05) is 0 Å². The Balaban J connectivity index is 5.64. The van der Waals surface area contributed by atoms with E-state index in [1.165, 1.54) is 6.92 Å². The Hall–Kier alpha value is -3.44. The van der Waals surface area contributed by atoms with Gasteiger partial charge in [-0.3, -0.25) is 28.8 Å². The number of nitrogens with one attached hydrogen (secondary N) is 4. The van der Waals surface area contributed by atoms with Crippen molar-refractivity contribution >= 4 is 54.1 Å². The summed E-state index contributed by atoms with van der Waals surface area (Å²) in [7, 11) is 0. The van der Waals surface area contributed by atoms with Crippen molar-refractivity contribution in [2.24, 2.45) is 11.5 Å². The van der Waals surface area contributed by atoms with Crippen molar-refractivity contribution in [1.29, 1.82) is 0 Å². The van der Waals surface area contributed by atoms with E-state index in [1.54, 1.807) is 0 Å². The minimum atomic E-state index is -1.69. The monoisotopic (exact) mass is 522 g/mol. The van der Waals surface area contributed by atoms with Crippen LogP contribution in [0, 0.1) is 0 Å². The Bertz CT molecular complexity index is 824. The fraction of sp³-hybridized carbons (Fsp3) is 0.611. The quantitative estimate of drug-likeness (QED) is 0.0856. The highest BCUT2D eigenvalue weighted by Crippen LogP contribution is 2.03. The van der Waals surface area contributed by atoms with Gasteiger partial charge in [0, 0.05) is 12.2 Å². The summed E-state index contributed by atoms with van der Waals surface area (Å²) in [5.74, 6) is -8.18. The molecule has 0 aliphatic rings. The van der Waals surface area contributed by atoms with E-state index in [0.29, 0.717) is 0 Å². The number of thiol groups is 1. The van der Waals surface area contributed by atoms with Gasteiger partial charge in [-0.25, -0.2) is 4.79 Å². The van der Waals surface area contributed by atoms with E-state index in [2.05, 4.69) is 33.9 Å². The summed E-state index contributed by atoms with van der Waals surface area (Å²) in [6, 6.07) is -7.29. The fourth-order valence-corrected chi connectivity index (χ4v) is 2.69. The maximum Gasteiger partial charge on any atom is 0.327 e. The Morgan fingerprint density at radius 2 is 1.26 bits per heavy atom. The molecule has 16 nitrogen and oxygen atoms in total. The summed E-state index contributed by atoms with van der Waals surface area (Å²) in [5.41, 5.74) is 10.5. The molecule has 0 aromatic carbocycles. The first kappa shape index (κ1) is 31.6. The number of aliphatic hydroxyl groups is 1. The van der Waals surface area contributed by atoms with Crippen LogP contribution in [0.2, 0.25) is 0 Å². The minimum Gasteiger partial charge on any atom is -0.481 e. The molecular weight excluding hydrogens is 492 g/mol. The number of hydrogen-bond donors (Lipinski definition) is 10. The Morgan fingerprint density at radius 1 is 0.800 bits per heavy atom. The zero-order valence-electron chi connectivity index (χ0n) is 18.7. The Labute approximate surface area is 204 Å². The molecule has 17 heteroatoms. The van der Waals surface area contributed by atoms with E-state index in [1.807, 2.05) is 0 Å². The second-order valence-corrected chi connectivity index (χ2v) is 7.70. The molecule has 0 aromatic rings. The number of hydrogen-bond acceptors (Lipinski definition) is 10. The van der Waals surface area contributed by atoms with Crippen LogP contribution >= 0.6 is 12.6 Å². The van der Waals surface area contributed by atoms with Crippen molar-refractivity contribution in [2.75, 3.05) is 12.4 Å². The molecule has 0 aliphatic carbocycles. The maximum absolute atomic E-state index is 12.7. The van der Waals surface area contributed by atoms with Crippen LogP contribution < -0.4 is 32.7 Å². The third kappa shape index (κ3) is 12.0. The molecule has 0 aromatic heterocycles. The predicted molar refractivity (Wildman–Crippen MR) is 121 cm³/mol. The van der Waals surface area contributed by atoms with E-state index in [4.69, 9.17) is 21.7 Å². The number of carbonyl (C=O) groups excluding carboxylic acids is 5. The molecule has 35 heavy (non-hydrogen) atoms. The van der Waals surface area contributed by atoms with Crippen LogP contribution in [0.3, 0.4) is 0 Å². The van der Waals surface area contributed by atoms with Crippen LogP contribution in [0.4, 0.5) is 0 Å². The molecule has 0 unspecified atom stereocenters. The van der Waals surface area contributed by atoms with Crippen molar-refractivity contribution in [3.8, 4) is 0 Å². The molecule has 198 valence electrons. The first-order valence-corrected chi connectivity index (χ1v) is 10.8. The molecular formula is C18H30N6O10S. The van der Waals surface area contributed by atoms with Crippen molar-refractivity contribution in [3.05, 3.63) is 0 Å². The van der Waals surface area contributed by atoms with Gasteiger partial charge in [0.1, 0.15) is 24.2 Å². The van der Waals surface area contributed by atoms with Crippen molar-refractivity contribution in [2.45, 2.75) is 56.4 Å². The molecule has 0 radical (unpaired) electrons. The van der Waals surface area contributed by atoms with E-state index < -0.39 is 97.6 Å². The lowest BCUT2D eigenvalue weighted by molar-refractivity contribution is -0.142. The van der Waals surface area contributed by atoms with Crippen LogP contribution in [-0.2, 0) is 33.6 Å².